The maximum atomic E-state index is 12.4. The minimum absolute atomic E-state index is 0.0252. The third kappa shape index (κ3) is 49.4. The normalized spacial score (nSPS) is 12.9. The molecule has 0 aromatic heterocycles. The van der Waals surface area contributed by atoms with Crippen LogP contribution in [0.25, 0.3) is 0 Å². The molecule has 0 aliphatic rings. The molecule has 0 heterocycles. The Balaban J connectivity index is 3.51. The van der Waals surface area contributed by atoms with Crippen LogP contribution in [0.3, 0.4) is 0 Å². The highest BCUT2D eigenvalue weighted by Crippen LogP contribution is 2.16. The number of aliphatic hydroxyl groups is 2. The average Bonchev–Trinajstić information content (AvgIpc) is 3.28. The zero-order valence-corrected chi connectivity index (χ0v) is 42.1. The first kappa shape index (κ1) is 61.1. The van der Waals surface area contributed by atoms with Crippen molar-refractivity contribution in [3.05, 3.63) is 36.5 Å². The minimum atomic E-state index is -0.678. The third-order valence-electron chi connectivity index (χ3n) is 12.7. The Morgan fingerprint density at radius 1 is 0.444 bits per heavy atom. The SMILES string of the molecule is CCCCCCCC/C=C\CCCCCCCCCC(=O)OCCCCC/C=C\C=C/CCCCCCCCC(=O)NC(CO)C(O)CCCCCCCCCCCCCCCC. The van der Waals surface area contributed by atoms with Crippen LogP contribution in [0.5, 0.6) is 0 Å². The van der Waals surface area contributed by atoms with Gasteiger partial charge in [0.1, 0.15) is 0 Å². The zero-order chi connectivity index (χ0) is 45.8. The number of allylic oxidation sites excluding steroid dienone is 6. The van der Waals surface area contributed by atoms with E-state index in [1.807, 2.05) is 0 Å². The number of ether oxygens (including phenoxy) is 1. The molecule has 1 amide bonds. The number of aliphatic hydroxyl groups excluding tert-OH is 2. The smallest absolute Gasteiger partial charge is 0.305 e. The number of carbonyl (C=O) groups is 2. The highest BCUT2D eigenvalue weighted by Gasteiger charge is 2.20. The van der Waals surface area contributed by atoms with Gasteiger partial charge in [0.15, 0.2) is 0 Å². The Hall–Kier alpha value is -1.92. The summed E-state index contributed by atoms with van der Waals surface area (Å²) >= 11 is 0. The fourth-order valence-electron chi connectivity index (χ4n) is 8.39. The molecule has 0 aromatic carbocycles. The second kappa shape index (κ2) is 52.7. The topological polar surface area (TPSA) is 95.9 Å². The van der Waals surface area contributed by atoms with E-state index in [4.69, 9.17) is 4.74 Å². The lowest BCUT2D eigenvalue weighted by atomic mass is 10.0. The highest BCUT2D eigenvalue weighted by atomic mass is 16.5. The lowest BCUT2D eigenvalue weighted by Gasteiger charge is -2.22. The monoisotopic (exact) mass is 886 g/mol. The predicted molar refractivity (Wildman–Crippen MR) is 273 cm³/mol. The zero-order valence-electron chi connectivity index (χ0n) is 42.1. The van der Waals surface area contributed by atoms with Crippen molar-refractivity contribution in [3.8, 4) is 0 Å². The van der Waals surface area contributed by atoms with Gasteiger partial charge in [-0.25, -0.2) is 0 Å². The number of rotatable bonds is 51. The number of hydrogen-bond donors (Lipinski definition) is 3. The van der Waals surface area contributed by atoms with Crippen molar-refractivity contribution in [1.82, 2.24) is 5.32 Å². The number of esters is 1. The van der Waals surface area contributed by atoms with E-state index in [-0.39, 0.29) is 18.5 Å². The van der Waals surface area contributed by atoms with E-state index in [9.17, 15) is 19.8 Å². The van der Waals surface area contributed by atoms with E-state index >= 15 is 0 Å². The van der Waals surface area contributed by atoms with Gasteiger partial charge in [-0.15, -0.1) is 0 Å². The summed E-state index contributed by atoms with van der Waals surface area (Å²) < 4.78 is 5.45. The van der Waals surface area contributed by atoms with Crippen molar-refractivity contribution in [2.45, 2.75) is 302 Å². The van der Waals surface area contributed by atoms with Crippen LogP contribution in [-0.2, 0) is 14.3 Å². The minimum Gasteiger partial charge on any atom is -0.466 e. The summed E-state index contributed by atoms with van der Waals surface area (Å²) in [6.45, 7) is 4.89. The van der Waals surface area contributed by atoms with Gasteiger partial charge < -0.3 is 20.3 Å². The molecule has 0 spiro atoms. The Kier molecular flexibility index (Phi) is 51.1. The Morgan fingerprint density at radius 3 is 1.22 bits per heavy atom. The second-order valence-electron chi connectivity index (χ2n) is 18.9. The van der Waals surface area contributed by atoms with Gasteiger partial charge in [0.05, 0.1) is 25.4 Å². The van der Waals surface area contributed by atoms with Crippen molar-refractivity contribution in [2.75, 3.05) is 13.2 Å². The van der Waals surface area contributed by atoms with E-state index < -0.39 is 12.1 Å². The van der Waals surface area contributed by atoms with Crippen LogP contribution in [0.2, 0.25) is 0 Å². The van der Waals surface area contributed by atoms with Crippen molar-refractivity contribution < 1.29 is 24.5 Å². The molecule has 0 bridgehead atoms. The van der Waals surface area contributed by atoms with Crippen molar-refractivity contribution in [1.29, 1.82) is 0 Å². The quantitative estimate of drug-likeness (QED) is 0.0245. The van der Waals surface area contributed by atoms with Gasteiger partial charge in [-0.2, -0.15) is 0 Å². The van der Waals surface area contributed by atoms with Gasteiger partial charge in [-0.05, 0) is 83.5 Å². The van der Waals surface area contributed by atoms with Gasteiger partial charge in [0.25, 0.3) is 0 Å². The lowest BCUT2D eigenvalue weighted by molar-refractivity contribution is -0.143. The third-order valence-corrected chi connectivity index (χ3v) is 12.7. The van der Waals surface area contributed by atoms with Crippen LogP contribution in [-0.4, -0.2) is 47.4 Å². The molecular formula is C57H107NO5. The van der Waals surface area contributed by atoms with Gasteiger partial charge in [0, 0.05) is 12.8 Å². The largest absolute Gasteiger partial charge is 0.466 e. The first-order chi connectivity index (χ1) is 31.0. The van der Waals surface area contributed by atoms with E-state index in [1.54, 1.807) is 0 Å². The van der Waals surface area contributed by atoms with Gasteiger partial charge >= 0.3 is 5.97 Å². The average molecular weight is 886 g/mol. The molecule has 3 N–H and O–H groups in total. The summed E-state index contributed by atoms with van der Waals surface area (Å²) in [5.41, 5.74) is 0. The number of hydrogen-bond acceptors (Lipinski definition) is 5. The number of unbranched alkanes of at least 4 members (excludes halogenated alkanes) is 35. The summed E-state index contributed by atoms with van der Waals surface area (Å²) in [7, 11) is 0. The maximum absolute atomic E-state index is 12.4. The lowest BCUT2D eigenvalue weighted by Crippen LogP contribution is -2.45. The molecule has 370 valence electrons. The van der Waals surface area contributed by atoms with Crippen LogP contribution < -0.4 is 5.32 Å². The number of amides is 1. The molecule has 6 nitrogen and oxygen atoms in total. The van der Waals surface area contributed by atoms with Crippen LogP contribution in [0.4, 0.5) is 0 Å². The molecule has 0 radical (unpaired) electrons. The van der Waals surface area contributed by atoms with E-state index in [0.717, 1.165) is 77.0 Å². The molecule has 0 aliphatic heterocycles. The summed E-state index contributed by atoms with van der Waals surface area (Å²) in [4.78, 5) is 24.5. The molecule has 63 heavy (non-hydrogen) atoms. The van der Waals surface area contributed by atoms with Gasteiger partial charge in [-0.1, -0.05) is 230 Å². The standard InChI is InChI=1S/C57H107NO5/c1-3-5-7-9-11-13-15-17-19-20-23-27-31-35-39-43-47-51-57(62)63-52-48-44-40-36-32-28-24-21-22-26-30-34-38-42-46-50-56(61)58-54(53-59)55(60)49-45-41-37-33-29-25-18-16-14-12-10-8-6-4-2/h17,19,21,24,28,32,54-55,59-60H,3-16,18,20,22-23,25-27,29-31,33-53H2,1-2H3,(H,58,61)/b19-17-,24-21-,32-28-. The molecule has 2 unspecified atom stereocenters. The van der Waals surface area contributed by atoms with Crippen LogP contribution in [0.1, 0.15) is 290 Å². The van der Waals surface area contributed by atoms with E-state index in [0.29, 0.717) is 25.9 Å². The van der Waals surface area contributed by atoms with Crippen LogP contribution in [0.15, 0.2) is 36.5 Å². The Labute approximate surface area is 392 Å². The fourth-order valence-corrected chi connectivity index (χ4v) is 8.39. The predicted octanol–water partition coefficient (Wildman–Crippen LogP) is 16.9. The summed E-state index contributed by atoms with van der Waals surface area (Å²) in [5.74, 6) is -0.0828. The summed E-state index contributed by atoms with van der Waals surface area (Å²) in [6.07, 6.45) is 64.1. The first-order valence-corrected chi connectivity index (χ1v) is 27.8. The second-order valence-corrected chi connectivity index (χ2v) is 18.9. The summed E-state index contributed by atoms with van der Waals surface area (Å²) in [6, 6.07) is -0.558. The molecular weight excluding hydrogens is 779 g/mol. The first-order valence-electron chi connectivity index (χ1n) is 27.8. The van der Waals surface area contributed by atoms with Crippen molar-refractivity contribution >= 4 is 11.9 Å². The van der Waals surface area contributed by atoms with Crippen molar-refractivity contribution in [2.24, 2.45) is 0 Å². The van der Waals surface area contributed by atoms with Gasteiger partial charge in [-0.3, -0.25) is 9.59 Å². The molecule has 0 saturated carbocycles. The Bertz CT molecular complexity index is 1020. The van der Waals surface area contributed by atoms with Gasteiger partial charge in [0.2, 0.25) is 5.91 Å². The van der Waals surface area contributed by atoms with Crippen LogP contribution in [0, 0.1) is 0 Å². The molecule has 0 fully saturated rings. The highest BCUT2D eigenvalue weighted by molar-refractivity contribution is 5.76. The van der Waals surface area contributed by atoms with Crippen molar-refractivity contribution in [3.63, 3.8) is 0 Å². The van der Waals surface area contributed by atoms with E-state index in [2.05, 4.69) is 55.6 Å². The molecule has 0 aliphatic carbocycles. The van der Waals surface area contributed by atoms with E-state index in [1.165, 1.54) is 180 Å². The molecule has 0 rings (SSSR count). The summed E-state index contributed by atoms with van der Waals surface area (Å²) in [5, 5.41) is 23.2. The number of nitrogens with one attached hydrogen (secondary N) is 1. The number of carbonyl (C=O) groups excluding carboxylic acids is 2. The molecule has 0 saturated heterocycles. The molecule has 0 aromatic rings. The fraction of sp³-hybridized carbons (Fsp3) is 0.860. The Morgan fingerprint density at radius 2 is 0.794 bits per heavy atom. The van der Waals surface area contributed by atoms with Crippen LogP contribution >= 0.6 is 0 Å². The maximum Gasteiger partial charge on any atom is 0.305 e. The molecule has 2 atom stereocenters. The molecule has 6 heteroatoms.